The van der Waals surface area contributed by atoms with Crippen molar-refractivity contribution in [2.75, 3.05) is 12.0 Å². The molecule has 7 heteroatoms. The summed E-state index contributed by atoms with van der Waals surface area (Å²) in [4.78, 5) is 6.72. The smallest absolute Gasteiger partial charge is 0.174 e. The highest BCUT2D eigenvalue weighted by molar-refractivity contribution is 7.80. The topological polar surface area (TPSA) is 42.3 Å². The van der Waals surface area contributed by atoms with Crippen LogP contribution in [-0.4, -0.2) is 21.8 Å². The monoisotopic (exact) mass is 486 g/mol. The zero-order chi connectivity index (χ0) is 24.7. The van der Waals surface area contributed by atoms with Crippen molar-refractivity contribution in [1.82, 2.24) is 14.9 Å². The van der Waals surface area contributed by atoms with Gasteiger partial charge < -0.3 is 19.5 Å². The van der Waals surface area contributed by atoms with Crippen molar-refractivity contribution >= 4 is 23.0 Å². The zero-order valence-electron chi connectivity index (χ0n) is 20.1. The molecule has 0 bridgehead atoms. The number of hydrogen-bond acceptors (Lipinski definition) is 3. The summed E-state index contributed by atoms with van der Waals surface area (Å²) in [7, 11) is 1.67. The lowest BCUT2D eigenvalue weighted by molar-refractivity contribution is 0.414. The third-order valence-corrected chi connectivity index (χ3v) is 6.95. The Hall–Kier alpha value is -3.71. The fraction of sp³-hybridized carbons (Fsp3) is 0.214. The van der Waals surface area contributed by atoms with E-state index in [1.165, 1.54) is 6.07 Å². The van der Waals surface area contributed by atoms with Crippen molar-refractivity contribution < 1.29 is 9.13 Å². The Morgan fingerprint density at radius 1 is 0.971 bits per heavy atom. The molecule has 0 unspecified atom stereocenters. The normalized spacial score (nSPS) is 17.5. The number of pyridine rings is 1. The molecular formula is C28H27FN4OS. The number of halogens is 1. The van der Waals surface area contributed by atoms with Crippen LogP contribution in [-0.2, 0) is 0 Å². The van der Waals surface area contributed by atoms with Crippen LogP contribution in [0.15, 0.2) is 72.9 Å². The molecule has 1 N–H and O–H groups in total. The first kappa shape index (κ1) is 23.1. The van der Waals surface area contributed by atoms with Gasteiger partial charge in [0, 0.05) is 29.0 Å². The van der Waals surface area contributed by atoms with Gasteiger partial charge in [0.25, 0.3) is 0 Å². The molecule has 1 aliphatic rings. The lowest BCUT2D eigenvalue weighted by Gasteiger charge is -2.28. The number of nitrogens with one attached hydrogen (secondary N) is 1. The van der Waals surface area contributed by atoms with E-state index in [1.807, 2.05) is 36.4 Å². The number of hydrogen-bond donors (Lipinski definition) is 1. The molecule has 5 rings (SSSR count). The Bertz CT molecular complexity index is 1380. The molecule has 1 aliphatic heterocycles. The molecule has 0 radical (unpaired) electrons. The first-order chi connectivity index (χ1) is 16.9. The summed E-state index contributed by atoms with van der Waals surface area (Å²) in [5.41, 5.74) is 6.72. The van der Waals surface area contributed by atoms with Gasteiger partial charge in [0.2, 0.25) is 0 Å². The van der Waals surface area contributed by atoms with E-state index in [-0.39, 0.29) is 17.9 Å². The van der Waals surface area contributed by atoms with Crippen LogP contribution in [0.1, 0.15) is 40.3 Å². The van der Waals surface area contributed by atoms with Crippen molar-refractivity contribution in [2.45, 2.75) is 32.9 Å². The molecule has 1 fully saturated rings. The highest BCUT2D eigenvalue weighted by Gasteiger charge is 2.42. The highest BCUT2D eigenvalue weighted by Crippen LogP contribution is 2.44. The number of aromatic nitrogens is 2. The van der Waals surface area contributed by atoms with E-state index in [1.54, 1.807) is 26.3 Å². The van der Waals surface area contributed by atoms with Crippen molar-refractivity contribution in [3.8, 4) is 11.4 Å². The number of nitrogens with zero attached hydrogens (tertiary/aromatic N) is 3. The van der Waals surface area contributed by atoms with E-state index in [4.69, 9.17) is 17.0 Å². The molecule has 2 aromatic carbocycles. The maximum absolute atomic E-state index is 14.1. The van der Waals surface area contributed by atoms with Crippen molar-refractivity contribution in [3.05, 3.63) is 107 Å². The molecule has 0 spiro atoms. The van der Waals surface area contributed by atoms with E-state index < -0.39 is 0 Å². The average Bonchev–Trinajstić information content (AvgIpc) is 3.36. The average molecular weight is 487 g/mol. The summed E-state index contributed by atoms with van der Waals surface area (Å²) in [5, 5.41) is 4.08. The SMILES string of the molecule is COc1ccc(-n2c(C)cc([C@H]3[C@H](c4ccccn4)NC(=S)N3c3ccc(F)c(C)c3)c2C)cc1. The molecule has 0 amide bonds. The Balaban J connectivity index is 1.66. The first-order valence-corrected chi connectivity index (χ1v) is 11.9. The predicted molar refractivity (Wildman–Crippen MR) is 141 cm³/mol. The van der Waals surface area contributed by atoms with E-state index in [9.17, 15) is 4.39 Å². The lowest BCUT2D eigenvalue weighted by atomic mass is 9.96. The molecule has 0 aliphatic carbocycles. The molecule has 4 aromatic rings. The number of benzene rings is 2. The maximum atomic E-state index is 14.1. The Labute approximate surface area is 210 Å². The second kappa shape index (κ2) is 9.15. The Morgan fingerprint density at radius 3 is 2.37 bits per heavy atom. The van der Waals surface area contributed by atoms with Gasteiger partial charge in [-0.3, -0.25) is 4.98 Å². The number of methoxy groups -OCH3 is 1. The van der Waals surface area contributed by atoms with E-state index in [0.717, 1.165) is 39.8 Å². The quantitative estimate of drug-likeness (QED) is 0.344. The molecule has 2 atom stereocenters. The van der Waals surface area contributed by atoms with Crippen LogP contribution >= 0.6 is 12.2 Å². The second-order valence-electron chi connectivity index (χ2n) is 8.79. The van der Waals surface area contributed by atoms with Gasteiger partial charge in [-0.15, -0.1) is 0 Å². The molecule has 1 saturated heterocycles. The van der Waals surface area contributed by atoms with E-state index >= 15 is 0 Å². The fourth-order valence-electron chi connectivity index (χ4n) is 4.94. The molecule has 2 aromatic heterocycles. The molecule has 178 valence electrons. The van der Waals surface area contributed by atoms with Gasteiger partial charge in [-0.25, -0.2) is 4.39 Å². The molecular weight excluding hydrogens is 459 g/mol. The zero-order valence-corrected chi connectivity index (χ0v) is 20.9. The van der Waals surface area contributed by atoms with Crippen LogP contribution in [0.25, 0.3) is 5.69 Å². The summed E-state index contributed by atoms with van der Waals surface area (Å²) in [6.07, 6.45) is 1.79. The van der Waals surface area contributed by atoms with Crippen molar-refractivity contribution in [3.63, 3.8) is 0 Å². The third-order valence-electron chi connectivity index (χ3n) is 6.64. The number of anilines is 1. The summed E-state index contributed by atoms with van der Waals surface area (Å²) in [5.74, 6) is 0.581. The van der Waals surface area contributed by atoms with Gasteiger partial charge in [0.1, 0.15) is 11.6 Å². The Morgan fingerprint density at radius 2 is 1.71 bits per heavy atom. The molecule has 0 saturated carbocycles. The van der Waals surface area contributed by atoms with Crippen LogP contribution in [0.2, 0.25) is 0 Å². The van der Waals surface area contributed by atoms with Crippen molar-refractivity contribution in [1.29, 1.82) is 0 Å². The van der Waals surface area contributed by atoms with Gasteiger partial charge in [-0.05, 0) is 105 Å². The van der Waals surface area contributed by atoms with Crippen molar-refractivity contribution in [2.24, 2.45) is 0 Å². The fourth-order valence-corrected chi connectivity index (χ4v) is 5.29. The second-order valence-corrected chi connectivity index (χ2v) is 9.18. The lowest BCUT2D eigenvalue weighted by Crippen LogP contribution is -2.29. The van der Waals surface area contributed by atoms with Gasteiger partial charge in [-0.1, -0.05) is 6.07 Å². The summed E-state index contributed by atoms with van der Waals surface area (Å²) in [6, 6.07) is 20.9. The van der Waals surface area contributed by atoms with E-state index in [0.29, 0.717) is 10.7 Å². The largest absolute Gasteiger partial charge is 0.497 e. The van der Waals surface area contributed by atoms with Crippen LogP contribution in [0, 0.1) is 26.6 Å². The number of ether oxygens (including phenoxy) is 1. The van der Waals surface area contributed by atoms with Gasteiger partial charge in [0.15, 0.2) is 5.11 Å². The van der Waals surface area contributed by atoms with Gasteiger partial charge in [-0.2, -0.15) is 0 Å². The van der Waals surface area contributed by atoms with Crippen LogP contribution in [0.3, 0.4) is 0 Å². The van der Waals surface area contributed by atoms with Crippen LogP contribution < -0.4 is 15.0 Å². The van der Waals surface area contributed by atoms with Crippen LogP contribution in [0.5, 0.6) is 5.75 Å². The van der Waals surface area contributed by atoms with Gasteiger partial charge in [0.05, 0.1) is 24.9 Å². The third kappa shape index (κ3) is 4.06. The molecule has 35 heavy (non-hydrogen) atoms. The number of thiocarbonyl (C=S) groups is 1. The Kier molecular flexibility index (Phi) is 6.03. The standard InChI is InChI=1S/C28H27FN4OS/c1-17-15-21(10-13-24(17)29)33-27(26(31-28(33)35)25-7-5-6-14-30-25)23-16-18(2)32(19(23)3)20-8-11-22(34-4)12-9-20/h5-16,26-27H,1-4H3,(H,31,35)/t26-,27-/m0/s1. The molecule has 5 nitrogen and oxygen atoms in total. The maximum Gasteiger partial charge on any atom is 0.174 e. The minimum atomic E-state index is -0.234. The summed E-state index contributed by atoms with van der Waals surface area (Å²) < 4.78 is 21.7. The highest BCUT2D eigenvalue weighted by atomic mass is 32.1. The minimum absolute atomic E-state index is 0.166. The minimum Gasteiger partial charge on any atom is -0.497 e. The predicted octanol–water partition coefficient (Wildman–Crippen LogP) is 6.12. The van der Waals surface area contributed by atoms with Crippen LogP contribution in [0.4, 0.5) is 10.1 Å². The van der Waals surface area contributed by atoms with E-state index in [2.05, 4.69) is 51.8 Å². The van der Waals surface area contributed by atoms with Gasteiger partial charge >= 0.3 is 0 Å². The summed E-state index contributed by atoms with van der Waals surface area (Å²) in [6.45, 7) is 5.99. The first-order valence-electron chi connectivity index (χ1n) is 11.5. The summed E-state index contributed by atoms with van der Waals surface area (Å²) >= 11 is 5.83. The number of rotatable bonds is 5. The number of aryl methyl sites for hydroxylation is 2. The molecule has 3 heterocycles.